The molecule has 1 N–H and O–H groups in total. The minimum atomic E-state index is -4.73. The summed E-state index contributed by atoms with van der Waals surface area (Å²) in [7, 11) is 0. The summed E-state index contributed by atoms with van der Waals surface area (Å²) in [5, 5.41) is 13.3. The highest BCUT2D eigenvalue weighted by molar-refractivity contribution is 5.90. The van der Waals surface area contributed by atoms with Crippen molar-refractivity contribution in [1.29, 1.82) is 0 Å². The fraction of sp³-hybridized carbons (Fsp3) is 0.375. The number of aryl methyl sites for hydroxylation is 2. The number of hydrogen-bond donors (Lipinski definition) is 1. The lowest BCUT2D eigenvalue weighted by atomic mass is 9.97. The van der Waals surface area contributed by atoms with Gasteiger partial charge < -0.3 is 5.11 Å². The van der Waals surface area contributed by atoms with Crippen LogP contribution in [-0.4, -0.2) is 20.9 Å². The van der Waals surface area contributed by atoms with Gasteiger partial charge in [-0.05, 0) is 38.0 Å². The van der Waals surface area contributed by atoms with Crippen molar-refractivity contribution in [2.24, 2.45) is 0 Å². The first-order chi connectivity index (χ1) is 10.7. The van der Waals surface area contributed by atoms with Gasteiger partial charge in [0.1, 0.15) is 0 Å². The van der Waals surface area contributed by atoms with Gasteiger partial charge in [0.05, 0.1) is 16.8 Å². The van der Waals surface area contributed by atoms with Crippen LogP contribution in [0.5, 0.6) is 0 Å². The number of carbonyl (C=O) groups is 1. The molecule has 0 radical (unpaired) electrons. The third kappa shape index (κ3) is 3.23. The van der Waals surface area contributed by atoms with E-state index in [-0.39, 0.29) is 0 Å². The van der Waals surface area contributed by atoms with Gasteiger partial charge >= 0.3 is 12.1 Å². The SMILES string of the molecule is CCCn1nc(C)c(-c2ccc(C(=O)O)c(C(F)(F)F)c2)c1C. The number of nitrogens with zero attached hydrogens (tertiary/aromatic N) is 2. The van der Waals surface area contributed by atoms with Crippen LogP contribution in [0.25, 0.3) is 11.1 Å². The number of hydrogen-bond acceptors (Lipinski definition) is 2. The van der Waals surface area contributed by atoms with Crippen molar-refractivity contribution >= 4 is 5.97 Å². The molecule has 0 amide bonds. The first-order valence-corrected chi connectivity index (χ1v) is 7.15. The van der Waals surface area contributed by atoms with Crippen molar-refractivity contribution in [3.63, 3.8) is 0 Å². The van der Waals surface area contributed by atoms with Crippen LogP contribution in [0.15, 0.2) is 18.2 Å². The molecule has 0 aliphatic heterocycles. The lowest BCUT2D eigenvalue weighted by Crippen LogP contribution is -2.13. The number of aromatic nitrogens is 2. The van der Waals surface area contributed by atoms with E-state index in [1.807, 2.05) is 6.92 Å². The summed E-state index contributed by atoms with van der Waals surface area (Å²) in [5.41, 5.74) is 0.412. The van der Waals surface area contributed by atoms with Crippen LogP contribution in [0.4, 0.5) is 13.2 Å². The molecule has 1 heterocycles. The molecule has 1 aromatic carbocycles. The Kier molecular flexibility index (Phi) is 4.49. The van der Waals surface area contributed by atoms with Gasteiger partial charge in [0, 0.05) is 17.8 Å². The van der Waals surface area contributed by atoms with E-state index in [9.17, 15) is 18.0 Å². The molecular weight excluding hydrogens is 309 g/mol. The van der Waals surface area contributed by atoms with Crippen LogP contribution < -0.4 is 0 Å². The summed E-state index contributed by atoms with van der Waals surface area (Å²) in [6.07, 6.45) is -3.88. The minimum absolute atomic E-state index is 0.319. The number of aromatic carboxylic acids is 1. The Labute approximate surface area is 131 Å². The van der Waals surface area contributed by atoms with Gasteiger partial charge in [-0.1, -0.05) is 13.0 Å². The largest absolute Gasteiger partial charge is 0.478 e. The van der Waals surface area contributed by atoms with Gasteiger partial charge in [0.25, 0.3) is 0 Å². The van der Waals surface area contributed by atoms with Crippen LogP contribution in [0.3, 0.4) is 0 Å². The molecule has 0 bridgehead atoms. The average molecular weight is 326 g/mol. The van der Waals surface area contributed by atoms with E-state index >= 15 is 0 Å². The Morgan fingerprint density at radius 2 is 1.96 bits per heavy atom. The molecule has 124 valence electrons. The van der Waals surface area contributed by atoms with Gasteiger partial charge in [0.2, 0.25) is 0 Å². The molecule has 0 spiro atoms. The Bertz CT molecular complexity index is 749. The van der Waals surface area contributed by atoms with Crippen molar-refractivity contribution < 1.29 is 23.1 Å². The van der Waals surface area contributed by atoms with Crippen LogP contribution in [0.2, 0.25) is 0 Å². The zero-order valence-electron chi connectivity index (χ0n) is 13.0. The van der Waals surface area contributed by atoms with E-state index in [2.05, 4.69) is 5.10 Å². The summed E-state index contributed by atoms with van der Waals surface area (Å²) in [5.74, 6) is -1.60. The minimum Gasteiger partial charge on any atom is -0.478 e. The first kappa shape index (κ1) is 17.1. The lowest BCUT2D eigenvalue weighted by molar-refractivity contribution is -0.138. The van der Waals surface area contributed by atoms with Gasteiger partial charge in [-0.2, -0.15) is 18.3 Å². The maximum absolute atomic E-state index is 13.1. The Morgan fingerprint density at radius 3 is 2.48 bits per heavy atom. The van der Waals surface area contributed by atoms with Gasteiger partial charge in [0.15, 0.2) is 0 Å². The molecule has 0 saturated carbocycles. The maximum atomic E-state index is 13.1. The average Bonchev–Trinajstić information content (AvgIpc) is 2.72. The van der Waals surface area contributed by atoms with Gasteiger partial charge in [-0.3, -0.25) is 4.68 Å². The number of halogens is 3. The van der Waals surface area contributed by atoms with Crippen molar-refractivity contribution in [3.05, 3.63) is 40.7 Å². The number of carboxylic acids is 1. The van der Waals surface area contributed by atoms with Crippen LogP contribution in [-0.2, 0) is 12.7 Å². The van der Waals surface area contributed by atoms with E-state index in [4.69, 9.17) is 5.11 Å². The second-order valence-electron chi connectivity index (χ2n) is 5.33. The van der Waals surface area contributed by atoms with E-state index in [0.717, 1.165) is 24.2 Å². The lowest BCUT2D eigenvalue weighted by Gasteiger charge is -2.12. The molecular formula is C16H17F3N2O2. The zero-order chi connectivity index (χ0) is 17.4. The van der Waals surface area contributed by atoms with Crippen molar-refractivity contribution in [3.8, 4) is 11.1 Å². The molecule has 7 heteroatoms. The Hall–Kier alpha value is -2.31. The zero-order valence-corrected chi connectivity index (χ0v) is 13.0. The number of carboxylic acid groups (broad SMARTS) is 1. The quantitative estimate of drug-likeness (QED) is 0.911. The monoisotopic (exact) mass is 326 g/mol. The predicted octanol–water partition coefficient (Wildman–Crippen LogP) is 4.29. The maximum Gasteiger partial charge on any atom is 0.417 e. The molecule has 4 nitrogen and oxygen atoms in total. The molecule has 0 atom stereocenters. The molecule has 23 heavy (non-hydrogen) atoms. The van der Waals surface area contributed by atoms with E-state index in [0.29, 0.717) is 23.4 Å². The molecule has 0 fully saturated rings. The van der Waals surface area contributed by atoms with Crippen molar-refractivity contribution in [1.82, 2.24) is 9.78 Å². The summed E-state index contributed by atoms with van der Waals surface area (Å²) in [6.45, 7) is 6.18. The van der Waals surface area contributed by atoms with E-state index in [1.165, 1.54) is 6.07 Å². The normalized spacial score (nSPS) is 11.7. The van der Waals surface area contributed by atoms with Gasteiger partial charge in [-0.25, -0.2) is 4.79 Å². The summed E-state index contributed by atoms with van der Waals surface area (Å²) >= 11 is 0. The van der Waals surface area contributed by atoms with Gasteiger partial charge in [-0.15, -0.1) is 0 Å². The highest BCUT2D eigenvalue weighted by Gasteiger charge is 2.36. The Morgan fingerprint density at radius 1 is 1.30 bits per heavy atom. The van der Waals surface area contributed by atoms with Crippen LogP contribution in [0, 0.1) is 13.8 Å². The van der Waals surface area contributed by atoms with Crippen LogP contribution in [0.1, 0.15) is 40.7 Å². The predicted molar refractivity (Wildman–Crippen MR) is 79.4 cm³/mol. The fourth-order valence-corrected chi connectivity index (χ4v) is 2.66. The fourth-order valence-electron chi connectivity index (χ4n) is 2.66. The third-order valence-electron chi connectivity index (χ3n) is 3.66. The van der Waals surface area contributed by atoms with E-state index < -0.39 is 23.3 Å². The topological polar surface area (TPSA) is 55.1 Å². The second kappa shape index (κ2) is 6.06. The molecule has 2 aromatic rings. The smallest absolute Gasteiger partial charge is 0.417 e. The number of rotatable bonds is 4. The molecule has 0 aliphatic carbocycles. The van der Waals surface area contributed by atoms with Crippen molar-refractivity contribution in [2.75, 3.05) is 0 Å². The van der Waals surface area contributed by atoms with E-state index in [1.54, 1.807) is 18.5 Å². The summed E-state index contributed by atoms with van der Waals surface area (Å²) < 4.78 is 41.2. The summed E-state index contributed by atoms with van der Waals surface area (Å²) in [4.78, 5) is 11.0. The van der Waals surface area contributed by atoms with Crippen molar-refractivity contribution in [2.45, 2.75) is 39.9 Å². The molecule has 1 aromatic heterocycles. The van der Waals surface area contributed by atoms with Crippen LogP contribution >= 0.6 is 0 Å². The third-order valence-corrected chi connectivity index (χ3v) is 3.66. The highest BCUT2D eigenvalue weighted by Crippen LogP contribution is 2.36. The molecule has 0 saturated heterocycles. The number of benzene rings is 1. The standard InChI is InChI=1S/C16H17F3N2O2/c1-4-7-21-10(3)14(9(2)20-21)11-5-6-12(15(22)23)13(8-11)16(17,18)19/h5-6,8H,4,7H2,1-3H3,(H,22,23). The summed E-state index contributed by atoms with van der Waals surface area (Å²) in [6, 6.07) is 3.28. The first-order valence-electron chi connectivity index (χ1n) is 7.15. The second-order valence-corrected chi connectivity index (χ2v) is 5.33. The number of alkyl halides is 3. The Balaban J connectivity index is 2.64. The highest BCUT2D eigenvalue weighted by atomic mass is 19.4. The molecule has 0 aliphatic rings. The molecule has 0 unspecified atom stereocenters. The molecule has 2 rings (SSSR count).